The third-order valence-electron chi connectivity index (χ3n) is 6.52. The Balaban J connectivity index is 1.74. The number of rotatable bonds is 9. The molecule has 1 heterocycles. The highest BCUT2D eigenvalue weighted by Gasteiger charge is 2.34. The summed E-state index contributed by atoms with van der Waals surface area (Å²) in [6, 6.07) is 19.5. The summed E-state index contributed by atoms with van der Waals surface area (Å²) in [4.78, 5) is 28.8. The van der Waals surface area contributed by atoms with E-state index in [4.69, 9.17) is 9.47 Å². The molecule has 0 unspecified atom stereocenters. The molecule has 9 nitrogen and oxygen atoms in total. The second-order valence-electron chi connectivity index (χ2n) is 11.1. The average molecular weight is 580 g/mol. The molecule has 2 amide bonds. The molecule has 1 aliphatic rings. The minimum Gasteiger partial charge on any atom is -0.486 e. The first-order chi connectivity index (χ1) is 19.3. The minimum atomic E-state index is -4.17. The largest absolute Gasteiger partial charge is 0.486 e. The molecule has 0 aliphatic carbocycles. The van der Waals surface area contributed by atoms with Gasteiger partial charge in [-0.2, -0.15) is 0 Å². The van der Waals surface area contributed by atoms with Crippen LogP contribution in [0, 0.1) is 6.92 Å². The highest BCUT2D eigenvalue weighted by atomic mass is 32.2. The second-order valence-corrected chi connectivity index (χ2v) is 12.9. The van der Waals surface area contributed by atoms with Crippen LogP contribution in [0.1, 0.15) is 38.8 Å². The molecule has 0 fully saturated rings. The van der Waals surface area contributed by atoms with Crippen LogP contribution >= 0.6 is 0 Å². The van der Waals surface area contributed by atoms with E-state index in [1.165, 1.54) is 17.0 Å². The maximum Gasteiger partial charge on any atom is 0.264 e. The molecule has 3 aromatic carbocycles. The molecular formula is C31H37N3O6S. The predicted molar refractivity (Wildman–Crippen MR) is 157 cm³/mol. The van der Waals surface area contributed by atoms with Crippen LogP contribution in [0.3, 0.4) is 0 Å². The SMILES string of the molecule is Cc1cccc(CN(C(=O)CN(c2ccc3c(c2)OCCO3)S(=O)(=O)c2ccccc2)[C@H](C)C(=O)NC(C)(C)C)c1. The van der Waals surface area contributed by atoms with Crippen LogP contribution in [0.4, 0.5) is 5.69 Å². The zero-order chi connectivity index (χ0) is 29.8. The Labute approximate surface area is 242 Å². The molecule has 0 spiro atoms. The van der Waals surface area contributed by atoms with Crippen LogP contribution in [0.15, 0.2) is 77.7 Å². The normalized spacial score (nSPS) is 13.7. The van der Waals surface area contributed by atoms with Crippen molar-refractivity contribution in [3.8, 4) is 11.5 Å². The fraction of sp³-hybridized carbons (Fsp3) is 0.355. The van der Waals surface area contributed by atoms with Gasteiger partial charge < -0.3 is 19.7 Å². The number of aryl methyl sites for hydroxylation is 1. The Kier molecular flexibility index (Phi) is 8.92. The van der Waals surface area contributed by atoms with Crippen molar-refractivity contribution < 1.29 is 27.5 Å². The number of hydrogen-bond acceptors (Lipinski definition) is 6. The van der Waals surface area contributed by atoms with Gasteiger partial charge in [-0.3, -0.25) is 13.9 Å². The summed E-state index contributed by atoms with van der Waals surface area (Å²) >= 11 is 0. The van der Waals surface area contributed by atoms with Crippen LogP contribution in [0.25, 0.3) is 0 Å². The molecule has 1 N–H and O–H groups in total. The van der Waals surface area contributed by atoms with Gasteiger partial charge >= 0.3 is 0 Å². The van der Waals surface area contributed by atoms with E-state index in [1.54, 1.807) is 43.3 Å². The molecule has 1 atom stereocenters. The van der Waals surface area contributed by atoms with Crippen LogP contribution in [0.2, 0.25) is 0 Å². The lowest BCUT2D eigenvalue weighted by molar-refractivity contribution is -0.140. The fourth-order valence-corrected chi connectivity index (χ4v) is 5.93. The Morgan fingerprint density at radius 3 is 2.27 bits per heavy atom. The van der Waals surface area contributed by atoms with E-state index in [0.717, 1.165) is 15.4 Å². The lowest BCUT2D eigenvalue weighted by atomic mass is 10.1. The quantitative estimate of drug-likeness (QED) is 0.406. The van der Waals surface area contributed by atoms with Gasteiger partial charge in [0.05, 0.1) is 10.6 Å². The van der Waals surface area contributed by atoms with Gasteiger partial charge in [-0.15, -0.1) is 0 Å². The van der Waals surface area contributed by atoms with Gasteiger partial charge in [0.2, 0.25) is 11.8 Å². The molecule has 10 heteroatoms. The van der Waals surface area contributed by atoms with E-state index >= 15 is 0 Å². The van der Waals surface area contributed by atoms with Crippen molar-refractivity contribution in [3.05, 3.63) is 83.9 Å². The van der Waals surface area contributed by atoms with E-state index in [9.17, 15) is 18.0 Å². The summed E-state index contributed by atoms with van der Waals surface area (Å²) in [5.41, 5.74) is 1.56. The Hall–Kier alpha value is -4.05. The Bertz CT molecular complexity index is 1500. The molecule has 0 radical (unpaired) electrons. The van der Waals surface area contributed by atoms with Gasteiger partial charge in [0.15, 0.2) is 11.5 Å². The van der Waals surface area contributed by atoms with Crippen molar-refractivity contribution in [2.24, 2.45) is 0 Å². The number of anilines is 1. The molecule has 41 heavy (non-hydrogen) atoms. The van der Waals surface area contributed by atoms with Crippen molar-refractivity contribution >= 4 is 27.5 Å². The number of carbonyl (C=O) groups excluding carboxylic acids is 2. The van der Waals surface area contributed by atoms with Crippen LogP contribution in [-0.2, 0) is 26.2 Å². The topological polar surface area (TPSA) is 105 Å². The first kappa shape index (κ1) is 29.9. The zero-order valence-electron chi connectivity index (χ0n) is 24.1. The highest BCUT2D eigenvalue weighted by molar-refractivity contribution is 7.92. The molecule has 218 valence electrons. The summed E-state index contributed by atoms with van der Waals surface area (Å²) in [7, 11) is -4.17. The summed E-state index contributed by atoms with van der Waals surface area (Å²) < 4.78 is 40.3. The molecule has 0 bridgehead atoms. The summed E-state index contributed by atoms with van der Waals surface area (Å²) in [6.45, 7) is 9.48. The fourth-order valence-electron chi connectivity index (χ4n) is 4.50. The molecule has 1 aliphatic heterocycles. The van der Waals surface area contributed by atoms with Crippen molar-refractivity contribution in [2.45, 2.75) is 57.6 Å². The molecule has 0 aromatic heterocycles. The Morgan fingerprint density at radius 2 is 1.61 bits per heavy atom. The van der Waals surface area contributed by atoms with Crippen molar-refractivity contribution in [3.63, 3.8) is 0 Å². The number of carbonyl (C=O) groups is 2. The van der Waals surface area contributed by atoms with Gasteiger partial charge in [0.1, 0.15) is 25.8 Å². The van der Waals surface area contributed by atoms with Gasteiger partial charge in [-0.25, -0.2) is 8.42 Å². The summed E-state index contributed by atoms with van der Waals surface area (Å²) in [5, 5.41) is 2.93. The van der Waals surface area contributed by atoms with Gasteiger partial charge in [-0.05, 0) is 64.4 Å². The maximum absolute atomic E-state index is 14.1. The van der Waals surface area contributed by atoms with Crippen LogP contribution < -0.4 is 19.1 Å². The van der Waals surface area contributed by atoms with E-state index in [0.29, 0.717) is 24.7 Å². The first-order valence-electron chi connectivity index (χ1n) is 13.5. The number of ether oxygens (including phenoxy) is 2. The summed E-state index contributed by atoms with van der Waals surface area (Å²) in [6.07, 6.45) is 0. The number of amides is 2. The van der Waals surface area contributed by atoms with E-state index in [-0.39, 0.29) is 23.0 Å². The number of nitrogens with zero attached hydrogens (tertiary/aromatic N) is 2. The lowest BCUT2D eigenvalue weighted by Gasteiger charge is -2.33. The van der Waals surface area contributed by atoms with Crippen molar-refractivity contribution in [2.75, 3.05) is 24.1 Å². The molecule has 0 saturated heterocycles. The molecule has 0 saturated carbocycles. The van der Waals surface area contributed by atoms with E-state index < -0.39 is 34.1 Å². The van der Waals surface area contributed by atoms with Crippen molar-refractivity contribution in [1.82, 2.24) is 10.2 Å². The third-order valence-corrected chi connectivity index (χ3v) is 8.31. The molecular weight excluding hydrogens is 542 g/mol. The molecule has 4 rings (SSSR count). The third kappa shape index (κ3) is 7.38. The highest BCUT2D eigenvalue weighted by Crippen LogP contribution is 2.36. The van der Waals surface area contributed by atoms with E-state index in [1.807, 2.05) is 52.0 Å². The number of fused-ring (bicyclic) bond motifs is 1. The smallest absolute Gasteiger partial charge is 0.264 e. The minimum absolute atomic E-state index is 0.0337. The van der Waals surface area contributed by atoms with Crippen LogP contribution in [-0.4, -0.2) is 56.5 Å². The van der Waals surface area contributed by atoms with Crippen molar-refractivity contribution in [1.29, 1.82) is 0 Å². The Morgan fingerprint density at radius 1 is 0.927 bits per heavy atom. The van der Waals surface area contributed by atoms with E-state index in [2.05, 4.69) is 5.32 Å². The number of hydrogen-bond donors (Lipinski definition) is 1. The number of sulfonamides is 1. The average Bonchev–Trinajstić information content (AvgIpc) is 2.93. The van der Waals surface area contributed by atoms with Gasteiger partial charge in [0.25, 0.3) is 10.0 Å². The predicted octanol–water partition coefficient (Wildman–Crippen LogP) is 4.29. The zero-order valence-corrected chi connectivity index (χ0v) is 24.9. The lowest BCUT2D eigenvalue weighted by Crippen LogP contribution is -2.54. The standard InChI is InChI=1S/C31H37N3O6S/c1-22-10-9-11-24(18-22)20-33(23(2)30(36)32-31(3,4)5)29(35)21-34(41(37,38)26-12-7-6-8-13-26)25-14-15-27-28(19-25)40-17-16-39-27/h6-15,18-19,23H,16-17,20-21H2,1-5H3,(H,32,36)/t23-/m1/s1. The number of benzene rings is 3. The van der Waals surface area contributed by atoms with Gasteiger partial charge in [0, 0.05) is 18.2 Å². The molecule has 3 aromatic rings. The summed E-state index contributed by atoms with van der Waals surface area (Å²) in [5.74, 6) is 0.0219. The maximum atomic E-state index is 14.1. The van der Waals surface area contributed by atoms with Gasteiger partial charge in [-0.1, -0.05) is 48.0 Å². The second kappa shape index (κ2) is 12.2. The van der Waals surface area contributed by atoms with Crippen LogP contribution in [0.5, 0.6) is 11.5 Å². The number of nitrogens with one attached hydrogen (secondary N) is 1. The monoisotopic (exact) mass is 579 g/mol. The first-order valence-corrected chi connectivity index (χ1v) is 14.9.